The summed E-state index contributed by atoms with van der Waals surface area (Å²) >= 11 is 0. The lowest BCUT2D eigenvalue weighted by Crippen LogP contribution is -2.48. The molecule has 0 fully saturated rings. The number of urea groups is 1. The molecule has 1 aromatic carbocycles. The van der Waals surface area contributed by atoms with Gasteiger partial charge in [0.15, 0.2) is 6.61 Å². The van der Waals surface area contributed by atoms with Crippen molar-refractivity contribution in [3.63, 3.8) is 0 Å². The zero-order chi connectivity index (χ0) is 17.0. The topological polar surface area (TPSA) is 70.6 Å². The van der Waals surface area contributed by atoms with Crippen molar-refractivity contribution in [3.05, 3.63) is 24.0 Å². The molecule has 0 aromatic heterocycles. The summed E-state index contributed by atoms with van der Waals surface area (Å²) in [4.78, 5) is 11.7. The number of aliphatic hydroxyl groups excluding tert-OH is 1. The number of benzene rings is 1. The molecule has 0 spiro atoms. The van der Waals surface area contributed by atoms with Crippen molar-refractivity contribution in [2.75, 3.05) is 18.5 Å². The third-order valence-corrected chi connectivity index (χ3v) is 2.43. The summed E-state index contributed by atoms with van der Waals surface area (Å²) in [5, 5.41) is 13.7. The lowest BCUT2D eigenvalue weighted by molar-refractivity contribution is -0.153. The van der Waals surface area contributed by atoms with Gasteiger partial charge in [-0.25, -0.2) is 9.18 Å². The van der Waals surface area contributed by atoms with Crippen molar-refractivity contribution in [1.82, 2.24) is 5.32 Å². The van der Waals surface area contributed by atoms with Crippen LogP contribution in [0.4, 0.5) is 28.0 Å². The van der Waals surface area contributed by atoms with Gasteiger partial charge in [0.2, 0.25) is 0 Å². The van der Waals surface area contributed by atoms with Crippen molar-refractivity contribution in [3.8, 4) is 5.75 Å². The van der Waals surface area contributed by atoms with Gasteiger partial charge in [0.1, 0.15) is 11.6 Å². The minimum absolute atomic E-state index is 0.128. The average Bonchev–Trinajstić information content (AvgIpc) is 2.37. The number of amides is 2. The predicted octanol–water partition coefficient (Wildman–Crippen LogP) is 2.66. The first kappa shape index (κ1) is 18.0. The fraction of sp³-hybridized carbons (Fsp3) is 0.462. The zero-order valence-electron chi connectivity index (χ0n) is 11.9. The Labute approximate surface area is 124 Å². The summed E-state index contributed by atoms with van der Waals surface area (Å²) in [6.07, 6.45) is -4.59. The van der Waals surface area contributed by atoms with Crippen LogP contribution in [0.3, 0.4) is 0 Å². The molecule has 0 aliphatic heterocycles. The third-order valence-electron chi connectivity index (χ3n) is 2.43. The Bertz CT molecular complexity index is 533. The molecule has 0 saturated carbocycles. The highest BCUT2D eigenvalue weighted by molar-refractivity contribution is 5.91. The summed E-state index contributed by atoms with van der Waals surface area (Å²) in [5.41, 5.74) is -1.06. The number of hydrogen-bond donors (Lipinski definition) is 3. The molecule has 124 valence electrons. The van der Waals surface area contributed by atoms with Gasteiger partial charge in [0.25, 0.3) is 0 Å². The van der Waals surface area contributed by atoms with Crippen LogP contribution in [0.15, 0.2) is 18.2 Å². The summed E-state index contributed by atoms with van der Waals surface area (Å²) in [7, 11) is 0. The maximum absolute atomic E-state index is 13.1. The van der Waals surface area contributed by atoms with E-state index in [2.05, 4.69) is 15.4 Å². The van der Waals surface area contributed by atoms with Gasteiger partial charge in [-0.2, -0.15) is 13.2 Å². The number of rotatable bonds is 5. The number of anilines is 1. The molecular weight excluding hydrogens is 308 g/mol. The summed E-state index contributed by atoms with van der Waals surface area (Å²) in [6, 6.07) is 2.00. The molecule has 0 radical (unpaired) electrons. The van der Waals surface area contributed by atoms with Gasteiger partial charge in [-0.1, -0.05) is 0 Å². The van der Waals surface area contributed by atoms with Crippen LogP contribution in [0.2, 0.25) is 0 Å². The highest BCUT2D eigenvalue weighted by Crippen LogP contribution is 2.27. The van der Waals surface area contributed by atoms with Gasteiger partial charge in [0, 0.05) is 6.07 Å². The largest absolute Gasteiger partial charge is 0.482 e. The standard InChI is InChI=1S/C13H16F4N2O3/c1-12(2,6-20)19-11(21)18-9-4-3-8(14)5-10(9)22-7-13(15,16)17/h3-5,20H,6-7H2,1-2H3,(H2,18,19,21). The van der Waals surface area contributed by atoms with Crippen LogP contribution >= 0.6 is 0 Å². The number of carbonyl (C=O) groups excluding carboxylic acids is 1. The number of halogens is 4. The van der Waals surface area contributed by atoms with Crippen LogP contribution < -0.4 is 15.4 Å². The molecule has 3 N–H and O–H groups in total. The van der Waals surface area contributed by atoms with E-state index < -0.39 is 35.9 Å². The van der Waals surface area contributed by atoms with Crippen LogP contribution in [-0.2, 0) is 0 Å². The Morgan fingerprint density at radius 2 is 1.95 bits per heavy atom. The van der Waals surface area contributed by atoms with E-state index in [0.717, 1.165) is 18.2 Å². The SMILES string of the molecule is CC(C)(CO)NC(=O)Nc1ccc(F)cc1OCC(F)(F)F. The summed E-state index contributed by atoms with van der Waals surface area (Å²) in [5.74, 6) is -1.26. The summed E-state index contributed by atoms with van der Waals surface area (Å²) < 4.78 is 54.1. The van der Waals surface area contributed by atoms with Crippen LogP contribution in [0, 0.1) is 5.82 Å². The smallest absolute Gasteiger partial charge is 0.422 e. The molecule has 5 nitrogen and oxygen atoms in total. The Morgan fingerprint density at radius 1 is 1.32 bits per heavy atom. The monoisotopic (exact) mass is 324 g/mol. The molecule has 9 heteroatoms. The van der Waals surface area contributed by atoms with Gasteiger partial charge in [-0.05, 0) is 26.0 Å². The van der Waals surface area contributed by atoms with Gasteiger partial charge in [-0.15, -0.1) is 0 Å². The Morgan fingerprint density at radius 3 is 2.50 bits per heavy atom. The number of nitrogens with one attached hydrogen (secondary N) is 2. The first-order valence-corrected chi connectivity index (χ1v) is 6.21. The first-order valence-electron chi connectivity index (χ1n) is 6.21. The van der Waals surface area contributed by atoms with E-state index in [0.29, 0.717) is 0 Å². The first-order chi connectivity index (χ1) is 10.0. The van der Waals surface area contributed by atoms with Crippen LogP contribution in [0.1, 0.15) is 13.8 Å². The van der Waals surface area contributed by atoms with Gasteiger partial charge in [-0.3, -0.25) is 0 Å². The lowest BCUT2D eigenvalue weighted by atomic mass is 10.1. The quantitative estimate of drug-likeness (QED) is 0.729. The molecule has 22 heavy (non-hydrogen) atoms. The zero-order valence-corrected chi connectivity index (χ0v) is 11.9. The van der Waals surface area contributed by atoms with Gasteiger partial charge >= 0.3 is 12.2 Å². The molecule has 1 rings (SSSR count). The third kappa shape index (κ3) is 6.17. The molecule has 0 bridgehead atoms. The van der Waals surface area contributed by atoms with E-state index in [1.165, 1.54) is 13.8 Å². The van der Waals surface area contributed by atoms with Crippen molar-refractivity contribution in [2.45, 2.75) is 25.6 Å². The molecule has 1 aromatic rings. The Hall–Kier alpha value is -2.03. The minimum atomic E-state index is -4.59. The number of aliphatic hydroxyl groups is 1. The normalized spacial score (nSPS) is 12.0. The molecule has 0 atom stereocenters. The number of alkyl halides is 3. The fourth-order valence-corrected chi connectivity index (χ4v) is 1.38. The fourth-order valence-electron chi connectivity index (χ4n) is 1.38. The van der Waals surface area contributed by atoms with Crippen molar-refractivity contribution in [1.29, 1.82) is 0 Å². The molecule has 0 saturated heterocycles. The van der Waals surface area contributed by atoms with E-state index in [1.807, 2.05) is 0 Å². The molecule has 0 aliphatic carbocycles. The molecule has 2 amide bonds. The van der Waals surface area contributed by atoms with Crippen molar-refractivity contribution in [2.24, 2.45) is 0 Å². The average molecular weight is 324 g/mol. The van der Waals surface area contributed by atoms with E-state index in [-0.39, 0.29) is 12.3 Å². The van der Waals surface area contributed by atoms with Crippen LogP contribution in [0.5, 0.6) is 5.75 Å². The minimum Gasteiger partial charge on any atom is -0.482 e. The van der Waals surface area contributed by atoms with Crippen molar-refractivity contribution >= 4 is 11.7 Å². The van der Waals surface area contributed by atoms with Gasteiger partial charge < -0.3 is 20.5 Å². The maximum atomic E-state index is 13.1. The maximum Gasteiger partial charge on any atom is 0.422 e. The van der Waals surface area contributed by atoms with Gasteiger partial charge in [0.05, 0.1) is 17.8 Å². The van der Waals surface area contributed by atoms with Crippen LogP contribution in [-0.4, -0.2) is 36.1 Å². The highest BCUT2D eigenvalue weighted by atomic mass is 19.4. The number of carbonyl (C=O) groups is 1. The van der Waals surface area contributed by atoms with Crippen molar-refractivity contribution < 1.29 is 32.2 Å². The van der Waals surface area contributed by atoms with E-state index >= 15 is 0 Å². The van der Waals surface area contributed by atoms with E-state index in [1.54, 1.807) is 0 Å². The number of ether oxygens (including phenoxy) is 1. The Balaban J connectivity index is 2.83. The molecular formula is C13H16F4N2O3. The number of hydrogen-bond acceptors (Lipinski definition) is 3. The van der Waals surface area contributed by atoms with E-state index in [9.17, 15) is 22.4 Å². The molecule has 0 heterocycles. The molecule has 0 unspecified atom stereocenters. The predicted molar refractivity (Wildman–Crippen MR) is 71.3 cm³/mol. The Kier molecular flexibility index (Phi) is 5.59. The highest BCUT2D eigenvalue weighted by Gasteiger charge is 2.29. The summed E-state index contributed by atoms with van der Waals surface area (Å²) in [6.45, 7) is 1.12. The molecule has 0 aliphatic rings. The lowest BCUT2D eigenvalue weighted by Gasteiger charge is -2.24. The second-order valence-corrected chi connectivity index (χ2v) is 5.17. The second-order valence-electron chi connectivity index (χ2n) is 5.17. The van der Waals surface area contributed by atoms with E-state index in [4.69, 9.17) is 5.11 Å². The van der Waals surface area contributed by atoms with Crippen LogP contribution in [0.25, 0.3) is 0 Å². The second kappa shape index (κ2) is 6.82.